The standard InChI is InChI=1S/C15H24O/c1-10-4-6-13-11(2)5-7-14(12(3)9-16)15(13)8-10/h8,11,13-16H,3-7,9H2,1-2H3/t11-,13+,14-,15+/m1/s1. The van der Waals surface area contributed by atoms with E-state index < -0.39 is 0 Å². The lowest BCUT2D eigenvalue weighted by molar-refractivity contribution is 0.127. The molecule has 1 fully saturated rings. The Balaban J connectivity index is 2.22. The molecule has 0 aromatic rings. The van der Waals surface area contributed by atoms with Gasteiger partial charge in [0.2, 0.25) is 0 Å². The lowest BCUT2D eigenvalue weighted by Gasteiger charge is -2.44. The molecule has 0 bridgehead atoms. The SMILES string of the molecule is C=C(CO)[C@H]1CC[C@@H](C)[C@@H]2CCC(C)=C[C@@H]21. The number of aliphatic hydroxyl groups excluding tert-OH is 1. The molecule has 0 aromatic carbocycles. The van der Waals surface area contributed by atoms with Crippen molar-refractivity contribution in [2.45, 2.75) is 39.5 Å². The molecular weight excluding hydrogens is 196 g/mol. The van der Waals surface area contributed by atoms with Crippen LogP contribution in [0.1, 0.15) is 39.5 Å². The highest BCUT2D eigenvalue weighted by atomic mass is 16.3. The third kappa shape index (κ3) is 2.10. The summed E-state index contributed by atoms with van der Waals surface area (Å²) in [6.07, 6.45) is 7.59. The normalized spacial score (nSPS) is 38.8. The summed E-state index contributed by atoms with van der Waals surface area (Å²) in [6, 6.07) is 0. The van der Waals surface area contributed by atoms with E-state index in [0.29, 0.717) is 11.8 Å². The second-order valence-corrected chi connectivity index (χ2v) is 5.77. The molecule has 2 aliphatic carbocycles. The van der Waals surface area contributed by atoms with Gasteiger partial charge in [-0.3, -0.25) is 0 Å². The van der Waals surface area contributed by atoms with Gasteiger partial charge in [0.1, 0.15) is 0 Å². The highest BCUT2D eigenvalue weighted by molar-refractivity contribution is 5.16. The predicted molar refractivity (Wildman–Crippen MR) is 68.1 cm³/mol. The van der Waals surface area contributed by atoms with Crippen LogP contribution in [0.15, 0.2) is 23.8 Å². The number of hydrogen-bond acceptors (Lipinski definition) is 1. The van der Waals surface area contributed by atoms with Crippen molar-refractivity contribution < 1.29 is 5.11 Å². The van der Waals surface area contributed by atoms with E-state index in [4.69, 9.17) is 0 Å². The average molecular weight is 220 g/mol. The van der Waals surface area contributed by atoms with Crippen molar-refractivity contribution in [1.82, 2.24) is 0 Å². The molecule has 0 amide bonds. The summed E-state index contributed by atoms with van der Waals surface area (Å²) in [6.45, 7) is 8.86. The van der Waals surface area contributed by atoms with E-state index in [1.54, 1.807) is 0 Å². The van der Waals surface area contributed by atoms with E-state index >= 15 is 0 Å². The molecule has 1 saturated carbocycles. The van der Waals surface area contributed by atoms with Crippen molar-refractivity contribution in [3.63, 3.8) is 0 Å². The van der Waals surface area contributed by atoms with Gasteiger partial charge >= 0.3 is 0 Å². The summed E-state index contributed by atoms with van der Waals surface area (Å²) in [5, 5.41) is 9.29. The zero-order valence-corrected chi connectivity index (χ0v) is 10.6. The number of aliphatic hydroxyl groups is 1. The van der Waals surface area contributed by atoms with Crippen LogP contribution in [0.25, 0.3) is 0 Å². The van der Waals surface area contributed by atoms with Crippen molar-refractivity contribution >= 4 is 0 Å². The van der Waals surface area contributed by atoms with Crippen LogP contribution in [0.3, 0.4) is 0 Å². The van der Waals surface area contributed by atoms with Gasteiger partial charge < -0.3 is 5.11 Å². The van der Waals surface area contributed by atoms with Crippen LogP contribution in [0.2, 0.25) is 0 Å². The third-order valence-electron chi connectivity index (χ3n) is 4.70. The van der Waals surface area contributed by atoms with Crippen molar-refractivity contribution in [2.75, 3.05) is 6.61 Å². The second kappa shape index (κ2) is 4.75. The van der Waals surface area contributed by atoms with Crippen molar-refractivity contribution in [1.29, 1.82) is 0 Å². The molecule has 4 atom stereocenters. The van der Waals surface area contributed by atoms with Crippen LogP contribution in [-0.4, -0.2) is 11.7 Å². The van der Waals surface area contributed by atoms with Crippen LogP contribution in [0.4, 0.5) is 0 Å². The second-order valence-electron chi connectivity index (χ2n) is 5.77. The molecule has 0 saturated heterocycles. The van der Waals surface area contributed by atoms with E-state index in [1.807, 2.05) is 0 Å². The molecule has 16 heavy (non-hydrogen) atoms. The first-order valence-electron chi connectivity index (χ1n) is 6.59. The first kappa shape index (κ1) is 11.9. The molecule has 0 heterocycles. The number of fused-ring (bicyclic) bond motifs is 1. The Kier molecular flexibility index (Phi) is 3.53. The zero-order chi connectivity index (χ0) is 11.7. The fourth-order valence-electron chi connectivity index (χ4n) is 3.64. The Hall–Kier alpha value is -0.560. The van der Waals surface area contributed by atoms with Gasteiger partial charge in [0.15, 0.2) is 0 Å². The molecule has 0 spiro atoms. The molecule has 1 nitrogen and oxygen atoms in total. The monoisotopic (exact) mass is 220 g/mol. The van der Waals surface area contributed by atoms with Gasteiger partial charge in [-0.2, -0.15) is 0 Å². The molecule has 1 N–H and O–H groups in total. The summed E-state index contributed by atoms with van der Waals surface area (Å²) in [5.74, 6) is 2.85. The lowest BCUT2D eigenvalue weighted by atomic mass is 9.61. The Bertz CT molecular complexity index is 303. The van der Waals surface area contributed by atoms with Gasteiger partial charge in [-0.25, -0.2) is 0 Å². The van der Waals surface area contributed by atoms with Gasteiger partial charge in [-0.15, -0.1) is 0 Å². The van der Waals surface area contributed by atoms with Crippen LogP contribution in [0, 0.1) is 23.7 Å². The van der Waals surface area contributed by atoms with Crippen molar-refractivity contribution in [3.8, 4) is 0 Å². The molecule has 90 valence electrons. The van der Waals surface area contributed by atoms with Gasteiger partial charge in [0.25, 0.3) is 0 Å². The molecule has 0 radical (unpaired) electrons. The quantitative estimate of drug-likeness (QED) is 0.706. The lowest BCUT2D eigenvalue weighted by Crippen LogP contribution is -2.35. The topological polar surface area (TPSA) is 20.2 Å². The molecule has 1 heteroatoms. The first-order valence-corrected chi connectivity index (χ1v) is 6.59. The zero-order valence-electron chi connectivity index (χ0n) is 10.6. The van der Waals surface area contributed by atoms with E-state index in [0.717, 1.165) is 17.4 Å². The predicted octanol–water partition coefficient (Wildman–Crippen LogP) is 3.55. The number of allylic oxidation sites excluding steroid dienone is 2. The Labute approximate surface area is 99.3 Å². The summed E-state index contributed by atoms with van der Waals surface area (Å²) in [4.78, 5) is 0. The van der Waals surface area contributed by atoms with Gasteiger partial charge in [0.05, 0.1) is 6.61 Å². The van der Waals surface area contributed by atoms with Gasteiger partial charge in [-0.05, 0) is 61.9 Å². The summed E-state index contributed by atoms with van der Waals surface area (Å²) in [5.41, 5.74) is 2.58. The maximum Gasteiger partial charge on any atom is 0.0642 e. The van der Waals surface area contributed by atoms with Crippen molar-refractivity contribution in [3.05, 3.63) is 23.8 Å². The molecular formula is C15H24O. The average Bonchev–Trinajstić information content (AvgIpc) is 2.28. The van der Waals surface area contributed by atoms with Crippen LogP contribution < -0.4 is 0 Å². The fraction of sp³-hybridized carbons (Fsp3) is 0.733. The van der Waals surface area contributed by atoms with E-state index in [1.165, 1.54) is 31.3 Å². The van der Waals surface area contributed by atoms with E-state index in [2.05, 4.69) is 26.5 Å². The van der Waals surface area contributed by atoms with Crippen molar-refractivity contribution in [2.24, 2.45) is 23.7 Å². The Morgan fingerprint density at radius 1 is 1.44 bits per heavy atom. The summed E-state index contributed by atoms with van der Waals surface area (Å²) < 4.78 is 0. The first-order chi connectivity index (χ1) is 7.63. The molecule has 0 aliphatic heterocycles. The third-order valence-corrected chi connectivity index (χ3v) is 4.70. The highest BCUT2D eigenvalue weighted by Gasteiger charge is 2.38. The summed E-state index contributed by atoms with van der Waals surface area (Å²) >= 11 is 0. The smallest absolute Gasteiger partial charge is 0.0642 e. The summed E-state index contributed by atoms with van der Waals surface area (Å²) in [7, 11) is 0. The molecule has 2 rings (SSSR count). The molecule has 2 aliphatic rings. The maximum absolute atomic E-state index is 9.29. The Morgan fingerprint density at radius 3 is 2.88 bits per heavy atom. The highest BCUT2D eigenvalue weighted by Crippen LogP contribution is 2.47. The van der Waals surface area contributed by atoms with Crippen LogP contribution >= 0.6 is 0 Å². The minimum Gasteiger partial charge on any atom is -0.392 e. The minimum absolute atomic E-state index is 0.162. The van der Waals surface area contributed by atoms with Gasteiger partial charge in [0, 0.05) is 0 Å². The van der Waals surface area contributed by atoms with Crippen LogP contribution in [-0.2, 0) is 0 Å². The molecule has 0 aromatic heterocycles. The van der Waals surface area contributed by atoms with Crippen LogP contribution in [0.5, 0.6) is 0 Å². The van der Waals surface area contributed by atoms with E-state index in [9.17, 15) is 5.11 Å². The molecule has 0 unspecified atom stereocenters. The fourth-order valence-corrected chi connectivity index (χ4v) is 3.64. The minimum atomic E-state index is 0.162. The number of rotatable bonds is 2. The maximum atomic E-state index is 9.29. The number of hydrogen-bond donors (Lipinski definition) is 1. The largest absolute Gasteiger partial charge is 0.392 e. The Morgan fingerprint density at radius 2 is 2.19 bits per heavy atom. The van der Waals surface area contributed by atoms with Gasteiger partial charge in [-0.1, -0.05) is 25.2 Å². The van der Waals surface area contributed by atoms with E-state index in [-0.39, 0.29) is 6.61 Å².